The minimum absolute atomic E-state index is 0.0832. The minimum atomic E-state index is -0.150. The Morgan fingerprint density at radius 1 is 1.00 bits per heavy atom. The van der Waals surface area contributed by atoms with E-state index in [1.54, 1.807) is 42.6 Å². The van der Waals surface area contributed by atoms with Crippen molar-refractivity contribution in [1.82, 2.24) is 5.32 Å². The molecule has 138 valence electrons. The smallest absolute Gasteiger partial charge is 0.279 e. The number of thiophene rings is 1. The van der Waals surface area contributed by atoms with Gasteiger partial charge < -0.3 is 16.0 Å². The van der Waals surface area contributed by atoms with E-state index in [-0.39, 0.29) is 17.9 Å². The van der Waals surface area contributed by atoms with Gasteiger partial charge in [0.05, 0.1) is 4.88 Å². The second-order valence-corrected chi connectivity index (χ2v) is 7.03. The van der Waals surface area contributed by atoms with Gasteiger partial charge in [0, 0.05) is 23.9 Å². The number of nitrogens with two attached hydrogens (primary N) is 1. The highest BCUT2D eigenvalue weighted by Gasteiger charge is 2.19. The number of carbonyl (C=O) groups is 2. The molecule has 2 amide bonds. The first-order valence-electron chi connectivity index (χ1n) is 8.71. The molecule has 0 aliphatic rings. The SMILES string of the molecule is CNC(=O)c1ccc(NC(=O)C[NH2+][C@@H](c2ccccc2)c2cccs2)cc1. The molecule has 5 nitrogen and oxygen atoms in total. The van der Waals surface area contributed by atoms with Crippen LogP contribution in [0.2, 0.25) is 0 Å². The predicted molar refractivity (Wildman–Crippen MR) is 108 cm³/mol. The number of quaternary nitrogens is 1. The van der Waals surface area contributed by atoms with E-state index in [0.29, 0.717) is 17.8 Å². The van der Waals surface area contributed by atoms with Crippen LogP contribution in [0, 0.1) is 0 Å². The van der Waals surface area contributed by atoms with Gasteiger partial charge in [-0.3, -0.25) is 9.59 Å². The zero-order valence-corrected chi connectivity index (χ0v) is 15.8. The van der Waals surface area contributed by atoms with E-state index in [1.165, 1.54) is 10.4 Å². The van der Waals surface area contributed by atoms with Crippen LogP contribution in [0.25, 0.3) is 0 Å². The monoisotopic (exact) mass is 380 g/mol. The summed E-state index contributed by atoms with van der Waals surface area (Å²) in [6.07, 6.45) is 0. The van der Waals surface area contributed by atoms with Gasteiger partial charge in [-0.15, -0.1) is 11.3 Å². The Balaban J connectivity index is 1.62. The van der Waals surface area contributed by atoms with Crippen molar-refractivity contribution in [2.75, 3.05) is 18.9 Å². The van der Waals surface area contributed by atoms with E-state index < -0.39 is 0 Å². The molecule has 0 saturated heterocycles. The van der Waals surface area contributed by atoms with E-state index in [1.807, 2.05) is 35.0 Å². The third-order valence-corrected chi connectivity index (χ3v) is 5.16. The topological polar surface area (TPSA) is 74.8 Å². The normalized spacial score (nSPS) is 11.6. The molecule has 27 heavy (non-hydrogen) atoms. The second-order valence-electron chi connectivity index (χ2n) is 6.05. The van der Waals surface area contributed by atoms with Crippen LogP contribution in [-0.4, -0.2) is 25.4 Å². The fraction of sp³-hybridized carbons (Fsp3) is 0.143. The largest absolute Gasteiger partial charge is 0.355 e. The van der Waals surface area contributed by atoms with Crippen molar-refractivity contribution in [3.05, 3.63) is 88.1 Å². The van der Waals surface area contributed by atoms with E-state index in [2.05, 4.69) is 28.8 Å². The molecule has 0 radical (unpaired) electrons. The van der Waals surface area contributed by atoms with Crippen LogP contribution in [0.3, 0.4) is 0 Å². The van der Waals surface area contributed by atoms with Crippen molar-refractivity contribution in [2.24, 2.45) is 0 Å². The Bertz CT molecular complexity index is 878. The van der Waals surface area contributed by atoms with Crippen molar-refractivity contribution in [3.63, 3.8) is 0 Å². The summed E-state index contributed by atoms with van der Waals surface area (Å²) in [4.78, 5) is 25.2. The Morgan fingerprint density at radius 3 is 2.37 bits per heavy atom. The lowest BCUT2D eigenvalue weighted by Crippen LogP contribution is -2.87. The lowest BCUT2D eigenvalue weighted by molar-refractivity contribution is -0.675. The standard InChI is InChI=1S/C21H21N3O2S/c1-22-21(26)16-9-11-17(12-10-16)24-19(25)14-23-20(18-8-5-13-27-18)15-6-3-2-4-7-15/h2-13,20,23H,14H2,1H3,(H,22,26)(H,24,25)/p+1/t20-/m0/s1. The summed E-state index contributed by atoms with van der Waals surface area (Å²) in [7, 11) is 1.59. The Morgan fingerprint density at radius 2 is 1.74 bits per heavy atom. The molecule has 0 aliphatic carbocycles. The number of carbonyl (C=O) groups excluding carboxylic acids is 2. The van der Waals surface area contributed by atoms with Gasteiger partial charge in [-0.2, -0.15) is 0 Å². The zero-order valence-electron chi connectivity index (χ0n) is 15.0. The summed E-state index contributed by atoms with van der Waals surface area (Å²) in [6, 6.07) is 21.2. The van der Waals surface area contributed by atoms with E-state index in [4.69, 9.17) is 0 Å². The van der Waals surface area contributed by atoms with Gasteiger partial charge in [0.15, 0.2) is 6.54 Å². The van der Waals surface area contributed by atoms with E-state index in [9.17, 15) is 9.59 Å². The molecule has 4 N–H and O–H groups in total. The van der Waals surface area contributed by atoms with E-state index >= 15 is 0 Å². The molecular formula is C21H22N3O2S+. The number of rotatable bonds is 7. The average Bonchev–Trinajstić information content (AvgIpc) is 3.23. The van der Waals surface area contributed by atoms with Gasteiger partial charge in [-0.25, -0.2) is 0 Å². The van der Waals surface area contributed by atoms with Gasteiger partial charge in [0.25, 0.3) is 11.8 Å². The first-order valence-corrected chi connectivity index (χ1v) is 9.59. The van der Waals surface area contributed by atoms with Crippen molar-refractivity contribution >= 4 is 28.8 Å². The molecule has 0 spiro atoms. The van der Waals surface area contributed by atoms with Crippen molar-refractivity contribution < 1.29 is 14.9 Å². The third-order valence-electron chi connectivity index (χ3n) is 4.21. The van der Waals surface area contributed by atoms with Crippen LogP contribution in [-0.2, 0) is 4.79 Å². The number of hydrogen-bond donors (Lipinski definition) is 3. The summed E-state index contributed by atoms with van der Waals surface area (Å²) in [5, 5.41) is 9.54. The molecule has 0 unspecified atom stereocenters. The van der Waals surface area contributed by atoms with Crippen LogP contribution in [0.15, 0.2) is 72.1 Å². The molecule has 1 atom stereocenters. The fourth-order valence-corrected chi connectivity index (χ4v) is 3.68. The summed E-state index contributed by atoms with van der Waals surface area (Å²) < 4.78 is 0. The van der Waals surface area contributed by atoms with Crippen molar-refractivity contribution in [1.29, 1.82) is 0 Å². The molecule has 0 aliphatic heterocycles. The van der Waals surface area contributed by atoms with Gasteiger partial charge >= 0.3 is 0 Å². The first kappa shape index (κ1) is 18.8. The summed E-state index contributed by atoms with van der Waals surface area (Å²) in [5.41, 5.74) is 2.40. The molecule has 0 fully saturated rings. The zero-order chi connectivity index (χ0) is 19.1. The number of nitrogens with one attached hydrogen (secondary N) is 2. The fourth-order valence-electron chi connectivity index (χ4n) is 2.83. The highest BCUT2D eigenvalue weighted by Crippen LogP contribution is 2.22. The van der Waals surface area contributed by atoms with Crippen LogP contribution in [0.4, 0.5) is 5.69 Å². The molecule has 0 bridgehead atoms. The number of hydrogen-bond acceptors (Lipinski definition) is 3. The third kappa shape index (κ3) is 5.03. The predicted octanol–water partition coefficient (Wildman–Crippen LogP) is 2.40. The Hall–Kier alpha value is -2.96. The van der Waals surface area contributed by atoms with Crippen LogP contribution in [0.1, 0.15) is 26.8 Å². The van der Waals surface area contributed by atoms with E-state index in [0.717, 1.165) is 0 Å². The molecule has 3 rings (SSSR count). The van der Waals surface area contributed by atoms with Crippen LogP contribution < -0.4 is 16.0 Å². The molecule has 1 aromatic heterocycles. The van der Waals surface area contributed by atoms with Crippen LogP contribution >= 0.6 is 11.3 Å². The molecule has 3 aromatic rings. The van der Waals surface area contributed by atoms with Gasteiger partial charge in [-0.1, -0.05) is 36.4 Å². The Kier molecular flexibility index (Phi) is 6.35. The van der Waals surface area contributed by atoms with Crippen molar-refractivity contribution in [3.8, 4) is 0 Å². The highest BCUT2D eigenvalue weighted by atomic mass is 32.1. The highest BCUT2D eigenvalue weighted by molar-refractivity contribution is 7.10. The number of amides is 2. The van der Waals surface area contributed by atoms with Gasteiger partial charge in [-0.05, 0) is 35.7 Å². The van der Waals surface area contributed by atoms with Crippen LogP contribution in [0.5, 0.6) is 0 Å². The first-order chi connectivity index (χ1) is 13.2. The molecule has 2 aromatic carbocycles. The maximum absolute atomic E-state index is 12.4. The molecular weight excluding hydrogens is 358 g/mol. The van der Waals surface area contributed by atoms with Gasteiger partial charge in [0.1, 0.15) is 6.04 Å². The number of anilines is 1. The maximum atomic E-state index is 12.4. The average molecular weight is 380 g/mol. The molecule has 1 heterocycles. The quantitative estimate of drug-likeness (QED) is 0.589. The molecule has 6 heteroatoms. The minimum Gasteiger partial charge on any atom is -0.355 e. The summed E-state index contributed by atoms with van der Waals surface area (Å²) in [5.74, 6) is -0.233. The Labute approximate surface area is 162 Å². The van der Waals surface area contributed by atoms with Gasteiger partial charge in [0.2, 0.25) is 0 Å². The molecule has 0 saturated carbocycles. The second kappa shape index (κ2) is 9.12. The summed E-state index contributed by atoms with van der Waals surface area (Å²) >= 11 is 1.69. The summed E-state index contributed by atoms with van der Waals surface area (Å²) in [6.45, 7) is 0.300. The number of benzene rings is 2. The lowest BCUT2D eigenvalue weighted by atomic mass is 10.1. The lowest BCUT2D eigenvalue weighted by Gasteiger charge is -2.14. The van der Waals surface area contributed by atoms with Crippen molar-refractivity contribution in [2.45, 2.75) is 6.04 Å². The maximum Gasteiger partial charge on any atom is 0.279 e.